The third-order valence-electron chi connectivity index (χ3n) is 7.36. The molecule has 0 amide bonds. The Morgan fingerprint density at radius 3 is 1.94 bits per heavy atom. The Balaban J connectivity index is 0.00000137. The molecule has 3 aromatic rings. The average molecular weight is 562 g/mol. The minimum atomic E-state index is -3.65. The van der Waals surface area contributed by atoms with Gasteiger partial charge < -0.3 is 0 Å². The predicted octanol–water partition coefficient (Wildman–Crippen LogP) is 7.16. The minimum absolute atomic E-state index is 0. The Morgan fingerprint density at radius 2 is 1.32 bits per heavy atom. The Hall–Kier alpha value is -2.31. The van der Waals surface area contributed by atoms with E-state index in [2.05, 4.69) is 127 Å². The molecule has 0 aromatic heterocycles. The number of allylic oxidation sites excluding steroid dienone is 9. The van der Waals surface area contributed by atoms with Gasteiger partial charge in [0.05, 0.1) is 0 Å². The Labute approximate surface area is 218 Å². The van der Waals surface area contributed by atoms with Crippen LogP contribution in [0.15, 0.2) is 133 Å². The van der Waals surface area contributed by atoms with Gasteiger partial charge in [-0.2, -0.15) is 0 Å². The summed E-state index contributed by atoms with van der Waals surface area (Å²) in [5.41, 5.74) is 6.96. The molecule has 0 saturated heterocycles. The molecular weight excluding hydrogens is 534 g/mol. The molecule has 3 heteroatoms. The van der Waals surface area contributed by atoms with Gasteiger partial charge in [-0.25, -0.2) is 0 Å². The van der Waals surface area contributed by atoms with E-state index in [0.717, 1.165) is 6.42 Å². The van der Waals surface area contributed by atoms with E-state index in [1.807, 2.05) is 0 Å². The molecule has 3 aliphatic carbocycles. The van der Waals surface area contributed by atoms with Crippen molar-refractivity contribution in [1.82, 2.24) is 0 Å². The van der Waals surface area contributed by atoms with Crippen molar-refractivity contribution in [1.29, 1.82) is 0 Å². The normalized spacial score (nSPS) is 19.7. The van der Waals surface area contributed by atoms with Crippen molar-refractivity contribution in [2.75, 3.05) is 0 Å². The van der Waals surface area contributed by atoms with Crippen LogP contribution in [0, 0.1) is 0 Å². The van der Waals surface area contributed by atoms with Gasteiger partial charge in [0.15, 0.2) is 0 Å². The molecule has 34 heavy (non-hydrogen) atoms. The summed E-state index contributed by atoms with van der Waals surface area (Å²) in [5.74, 6) is 0. The van der Waals surface area contributed by atoms with Gasteiger partial charge in [-0.05, 0) is 0 Å². The Kier molecular flexibility index (Phi) is 7.11. The number of halogens is 2. The van der Waals surface area contributed by atoms with E-state index in [-0.39, 0.29) is 27.9 Å². The van der Waals surface area contributed by atoms with E-state index in [0.29, 0.717) is 0 Å². The van der Waals surface area contributed by atoms with Crippen LogP contribution in [0.5, 0.6) is 0 Å². The second-order valence-electron chi connectivity index (χ2n) is 8.85. The van der Waals surface area contributed by atoms with Gasteiger partial charge in [-0.1, -0.05) is 0 Å². The summed E-state index contributed by atoms with van der Waals surface area (Å²) in [6.45, 7) is 0. The van der Waals surface area contributed by atoms with Crippen LogP contribution in [-0.4, -0.2) is 4.21 Å². The molecule has 0 fully saturated rings. The van der Waals surface area contributed by atoms with Crippen molar-refractivity contribution in [3.8, 4) is 0 Å². The van der Waals surface area contributed by atoms with E-state index < -0.39 is 19.8 Å². The van der Waals surface area contributed by atoms with E-state index >= 15 is 0 Å². The average Bonchev–Trinajstić information content (AvgIpc) is 3.53. The molecule has 0 heterocycles. The van der Waals surface area contributed by atoms with Crippen LogP contribution in [-0.2, 0) is 19.8 Å². The van der Waals surface area contributed by atoms with Crippen molar-refractivity contribution < 1.29 is 19.8 Å². The zero-order chi connectivity index (χ0) is 21.6. The molecule has 0 N–H and O–H groups in total. The first-order valence-electron chi connectivity index (χ1n) is 11.3. The summed E-state index contributed by atoms with van der Waals surface area (Å²) in [7, 11) is 0. The third kappa shape index (κ3) is 3.49. The summed E-state index contributed by atoms with van der Waals surface area (Å²) in [6, 6.07) is 31.1. The summed E-state index contributed by atoms with van der Waals surface area (Å²) < 4.78 is 7.97. The number of hydrogen-bond acceptors (Lipinski definition) is 0. The molecule has 0 bridgehead atoms. The van der Waals surface area contributed by atoms with Gasteiger partial charge >= 0.3 is 195 Å². The fraction of sp³-hybridized carbons (Fsp3) is 0.0645. The van der Waals surface area contributed by atoms with Crippen molar-refractivity contribution >= 4 is 47.2 Å². The molecule has 3 aromatic carbocycles. The molecule has 0 nitrogen and oxygen atoms in total. The molecule has 1 atom stereocenters. The van der Waals surface area contributed by atoms with E-state index in [1.54, 1.807) is 0 Å². The van der Waals surface area contributed by atoms with Gasteiger partial charge in [0.25, 0.3) is 0 Å². The molecule has 0 aliphatic heterocycles. The number of fused-ring (bicyclic) bond motifs is 3. The van der Waals surface area contributed by atoms with Crippen molar-refractivity contribution in [2.45, 2.75) is 9.54 Å². The van der Waals surface area contributed by atoms with Crippen molar-refractivity contribution in [3.05, 3.63) is 144 Å². The monoisotopic (exact) mass is 559 g/mol. The molecule has 3 aliphatic rings. The van der Waals surface area contributed by atoms with Crippen LogP contribution >= 0.6 is 24.8 Å². The molecule has 0 saturated carbocycles. The van der Waals surface area contributed by atoms with Gasteiger partial charge in [0.1, 0.15) is 0 Å². The van der Waals surface area contributed by atoms with Gasteiger partial charge in [-0.15, -0.1) is 24.8 Å². The Morgan fingerprint density at radius 1 is 0.706 bits per heavy atom. The quantitative estimate of drug-likeness (QED) is 0.317. The summed E-state index contributed by atoms with van der Waals surface area (Å²) in [6.07, 6.45) is 17.4. The predicted molar refractivity (Wildman–Crippen MR) is 150 cm³/mol. The van der Waals surface area contributed by atoms with Gasteiger partial charge in [0, 0.05) is 0 Å². The number of hydrogen-bond donors (Lipinski definition) is 0. The van der Waals surface area contributed by atoms with Crippen LogP contribution < -0.4 is 6.54 Å². The first-order chi connectivity index (χ1) is 15.7. The maximum absolute atomic E-state index is 5.30. The second kappa shape index (κ2) is 9.75. The SMILES string of the molecule is Cl.Cl.[CH2]=[Zr]([c]1ccccc1)([c]1ccccc1)[C]1(C2=CC=CC2)C=CC=C2C1=Cc1ccccc12. The number of benzene rings is 3. The van der Waals surface area contributed by atoms with Crippen LogP contribution in [0.4, 0.5) is 0 Å². The van der Waals surface area contributed by atoms with E-state index in [1.165, 1.54) is 34.4 Å². The van der Waals surface area contributed by atoms with Crippen LogP contribution in [0.1, 0.15) is 17.5 Å². The van der Waals surface area contributed by atoms with Gasteiger partial charge in [0.2, 0.25) is 0 Å². The van der Waals surface area contributed by atoms with Crippen molar-refractivity contribution in [3.63, 3.8) is 0 Å². The number of rotatable bonds is 4. The molecule has 0 radical (unpaired) electrons. The van der Waals surface area contributed by atoms with Crippen LogP contribution in [0.2, 0.25) is 3.12 Å². The molecule has 0 spiro atoms. The maximum atomic E-state index is 5.30. The fourth-order valence-corrected chi connectivity index (χ4v) is 17.0. The van der Waals surface area contributed by atoms with Gasteiger partial charge in [-0.3, -0.25) is 0 Å². The fourth-order valence-electron chi connectivity index (χ4n) is 5.86. The van der Waals surface area contributed by atoms with E-state index in [4.69, 9.17) is 4.21 Å². The summed E-state index contributed by atoms with van der Waals surface area (Å²) in [5, 5.41) is 0. The zero-order valence-corrected chi connectivity index (χ0v) is 22.9. The zero-order valence-electron chi connectivity index (χ0n) is 18.9. The van der Waals surface area contributed by atoms with Crippen LogP contribution in [0.25, 0.3) is 11.6 Å². The second-order valence-corrected chi connectivity index (χ2v) is 18.1. The molecule has 169 valence electrons. The third-order valence-corrected chi connectivity index (χ3v) is 19.0. The Bertz CT molecular complexity index is 1360. The first kappa shape index (κ1) is 24.8. The molecule has 1 unspecified atom stereocenters. The van der Waals surface area contributed by atoms with Crippen molar-refractivity contribution in [2.24, 2.45) is 0 Å². The standard InChI is InChI=1S/C18H13.2C6H5.CH2.2ClH.Zr/c1-2-7-13(6-1)15-10-5-11-17-16-9-4-3-8-14(16)12-18(15)17;2*1-2-4-6-5-3-1;;;;/h1-6,8-12H,7H2;2*1-5H;1H2;2*1H;. The molecular formula is C31H27Cl2Zr. The summed E-state index contributed by atoms with van der Waals surface area (Å²) in [4.78, 5) is 0. The topological polar surface area (TPSA) is 0 Å². The first-order valence-corrected chi connectivity index (χ1v) is 16.7. The molecule has 6 rings (SSSR count). The van der Waals surface area contributed by atoms with E-state index in [9.17, 15) is 0 Å². The summed E-state index contributed by atoms with van der Waals surface area (Å²) >= 11 is -3.65. The van der Waals surface area contributed by atoms with Crippen LogP contribution in [0.3, 0.4) is 0 Å².